The van der Waals surface area contributed by atoms with E-state index in [1.807, 2.05) is 0 Å². The zero-order valence-corrected chi connectivity index (χ0v) is 40.2. The van der Waals surface area contributed by atoms with Crippen molar-refractivity contribution in [2.24, 2.45) is 0 Å². The summed E-state index contributed by atoms with van der Waals surface area (Å²) < 4.78 is 120. The van der Waals surface area contributed by atoms with Gasteiger partial charge in [0.2, 0.25) is 5.91 Å². The number of aliphatic hydroxyl groups is 1. The van der Waals surface area contributed by atoms with Crippen molar-refractivity contribution in [3.63, 3.8) is 0 Å². The molecule has 4 heterocycles. The van der Waals surface area contributed by atoms with Crippen molar-refractivity contribution in [3.8, 4) is 22.5 Å². The number of phosphoric acid groups is 2. The molecule has 1 fully saturated rings. The summed E-state index contributed by atoms with van der Waals surface area (Å²) in [6.45, 7) is -1.45. The first kappa shape index (κ1) is 53.3. The molecule has 72 heavy (non-hydrogen) atoms. The second-order valence-corrected chi connectivity index (χ2v) is 21.2. The molecule has 1 aliphatic carbocycles. The number of carbonyl (C=O) groups excluding carboxylic acids is 3. The summed E-state index contributed by atoms with van der Waals surface area (Å²) in [5, 5.41) is 23.6. The third-order valence-corrected chi connectivity index (χ3v) is 14.7. The van der Waals surface area contributed by atoms with Gasteiger partial charge in [-0.3, -0.25) is 33.2 Å². The molecule has 386 valence electrons. The lowest BCUT2D eigenvalue weighted by atomic mass is 9.90. The quantitative estimate of drug-likeness (QED) is 0.0186. The van der Waals surface area contributed by atoms with E-state index in [9.17, 15) is 59.5 Å². The van der Waals surface area contributed by atoms with Gasteiger partial charge >= 0.3 is 21.7 Å². The Morgan fingerprint density at radius 1 is 0.931 bits per heavy atom. The molecule has 13 N–H and O–H groups in total. The summed E-state index contributed by atoms with van der Waals surface area (Å²) in [7, 11) is -19.9. The summed E-state index contributed by atoms with van der Waals surface area (Å²) in [4.78, 5) is 78.8. The number of hydrogen-bond acceptors (Lipinski definition) is 21. The molecule has 34 heteroatoms. The second kappa shape index (κ2) is 20.5. The molecule has 0 radical (unpaired) electrons. The topological polar surface area (TPSA) is 472 Å². The zero-order chi connectivity index (χ0) is 52.7. The van der Waals surface area contributed by atoms with E-state index >= 15 is 0 Å². The minimum Gasteiger partial charge on any atom is -0.453 e. The Balaban J connectivity index is 0.984. The molecule has 0 bridgehead atoms. The van der Waals surface area contributed by atoms with Crippen LogP contribution >= 0.6 is 15.6 Å². The summed E-state index contributed by atoms with van der Waals surface area (Å²) in [6.07, 6.45) is -5.45. The maximum absolute atomic E-state index is 14.1. The molecule has 2 aromatic heterocycles. The van der Waals surface area contributed by atoms with Gasteiger partial charge in [0.1, 0.15) is 24.1 Å². The highest BCUT2D eigenvalue weighted by Crippen LogP contribution is 2.58. The van der Waals surface area contributed by atoms with E-state index in [1.165, 1.54) is 52.9 Å². The number of amides is 3. The standard InChI is InChI=1S/C38H42N10O20P2S2/c1-47(36(51)19-6-3-2-5-18(19)26-20-8-10-22(39)32(71(58,59)60)29(20)66-30-21(26)9-11-23(40)33(30)72(61,62)63)14-4-7-25(49)42-12-13-43-38(52)67-31-24(15-64-70(56,57)68-69(53,54)55)65-37(28(31)50)48-17-46-27-34(41)44-16-45-35(27)48/h2-3,5-6,8-11,16-17,24,28,31,37,39,50H,4,7,12-15,40H2,1H3,(H,42,49)(H,43,52)(H,56,57)(H2,41,44,45)(H2,53,54,55)(H,58,59,60)(H,61,62,63)/t24-,28-,31-,37-/m1/s1. The number of fused-ring (bicyclic) bond motifs is 3. The average molecular weight is 1080 g/mol. The summed E-state index contributed by atoms with van der Waals surface area (Å²) in [5.41, 5.74) is 10.8. The number of alkyl carbamates (subject to hydrolysis) is 1. The van der Waals surface area contributed by atoms with Crippen molar-refractivity contribution >= 4 is 87.4 Å². The predicted octanol–water partition coefficient (Wildman–Crippen LogP) is 0.730. The van der Waals surface area contributed by atoms with Crippen LogP contribution in [0.1, 0.15) is 29.4 Å². The number of carbonyl (C=O) groups is 3. The lowest BCUT2D eigenvalue weighted by Gasteiger charge is -2.22. The molecule has 2 aromatic carbocycles. The van der Waals surface area contributed by atoms with Gasteiger partial charge in [-0.2, -0.15) is 21.1 Å². The maximum atomic E-state index is 14.1. The van der Waals surface area contributed by atoms with Crippen molar-refractivity contribution in [1.29, 1.82) is 5.41 Å². The number of hydrogen-bond donors (Lipinski definition) is 11. The number of nitrogens with one attached hydrogen (secondary N) is 3. The third kappa shape index (κ3) is 11.6. The number of benzene rings is 3. The van der Waals surface area contributed by atoms with Gasteiger partial charge in [0.25, 0.3) is 26.1 Å². The number of phosphoric ester groups is 1. The SMILES string of the molecule is CN(CCCC(=O)NCCNC(=O)O[C@H]1[C@@H](O)[C@H](n2cnc3c(N)ncnc32)O[C@@H]1COP(=O)(O)OP(=O)(O)O)C(=O)c1ccccc1-c1c2ccc(=N)c(S(=O)(=O)O)c-2oc2c(S(=O)(=O)O)c(N)ccc12. The molecule has 1 unspecified atom stereocenters. The van der Waals surface area contributed by atoms with E-state index in [0.717, 1.165) is 24.8 Å². The van der Waals surface area contributed by atoms with Crippen LogP contribution in [0.25, 0.3) is 44.6 Å². The highest BCUT2D eigenvalue weighted by molar-refractivity contribution is 7.86. The van der Waals surface area contributed by atoms with Gasteiger partial charge in [-0.15, -0.1) is 0 Å². The Morgan fingerprint density at radius 3 is 2.32 bits per heavy atom. The fraction of sp³-hybridized carbons (Fsp3) is 0.289. The van der Waals surface area contributed by atoms with Crippen LogP contribution in [-0.2, 0) is 52.5 Å². The van der Waals surface area contributed by atoms with Gasteiger partial charge < -0.3 is 60.7 Å². The van der Waals surface area contributed by atoms with Crippen LogP contribution in [0.4, 0.5) is 16.3 Å². The first-order valence-electron chi connectivity index (χ1n) is 20.5. The molecule has 5 atom stereocenters. The number of nitrogens with two attached hydrogens (primary N) is 2. The molecule has 4 aromatic rings. The number of nitrogens with zero attached hydrogens (tertiary/aromatic N) is 5. The molecule has 30 nitrogen and oxygen atoms in total. The molecule has 3 aliphatic rings. The molecule has 2 aliphatic heterocycles. The van der Waals surface area contributed by atoms with Crippen LogP contribution < -0.4 is 27.5 Å². The molecule has 0 spiro atoms. The first-order valence-corrected chi connectivity index (χ1v) is 26.5. The molecular weight excluding hydrogens is 1040 g/mol. The van der Waals surface area contributed by atoms with Gasteiger partial charge in [-0.05, 0) is 42.3 Å². The van der Waals surface area contributed by atoms with Crippen LogP contribution in [0.2, 0.25) is 0 Å². The van der Waals surface area contributed by atoms with Crippen molar-refractivity contribution in [2.45, 2.75) is 47.2 Å². The molecule has 3 amide bonds. The van der Waals surface area contributed by atoms with E-state index < -0.39 is 117 Å². The first-order chi connectivity index (χ1) is 33.7. The normalized spacial score (nSPS) is 18.3. The molecule has 7 rings (SSSR count). The smallest absolute Gasteiger partial charge is 0.453 e. The van der Waals surface area contributed by atoms with Crippen molar-refractivity contribution < 1.29 is 92.0 Å². The van der Waals surface area contributed by atoms with E-state index in [0.29, 0.717) is 0 Å². The third-order valence-electron chi connectivity index (χ3n) is 10.7. The van der Waals surface area contributed by atoms with Gasteiger partial charge in [0.15, 0.2) is 44.9 Å². The number of nitrogen functional groups attached to an aromatic ring is 2. The average Bonchev–Trinajstić information content (AvgIpc) is 3.84. The summed E-state index contributed by atoms with van der Waals surface area (Å²) >= 11 is 0. The van der Waals surface area contributed by atoms with Crippen molar-refractivity contribution in [1.82, 2.24) is 35.1 Å². The van der Waals surface area contributed by atoms with Gasteiger partial charge in [0.05, 0.1) is 24.0 Å². The second-order valence-electron chi connectivity index (χ2n) is 15.6. The molecular formula is C38H42N10O20P2S2. The Morgan fingerprint density at radius 2 is 1.62 bits per heavy atom. The minimum absolute atomic E-state index is 0.00636. The highest BCUT2D eigenvalue weighted by Gasteiger charge is 2.49. The zero-order valence-electron chi connectivity index (χ0n) is 36.8. The van der Waals surface area contributed by atoms with E-state index in [-0.39, 0.29) is 77.1 Å². The van der Waals surface area contributed by atoms with Gasteiger partial charge in [0, 0.05) is 55.2 Å². The van der Waals surface area contributed by atoms with Crippen LogP contribution in [-0.4, -0.2) is 140 Å². The van der Waals surface area contributed by atoms with Crippen LogP contribution in [0.15, 0.2) is 75.4 Å². The number of rotatable bonds is 18. The monoisotopic (exact) mass is 1080 g/mol. The molecule has 0 saturated carbocycles. The maximum Gasteiger partial charge on any atom is 0.481 e. The number of imidazole rings is 1. The number of anilines is 2. The van der Waals surface area contributed by atoms with E-state index in [1.54, 1.807) is 0 Å². The number of ether oxygens (including phenoxy) is 2. The summed E-state index contributed by atoms with van der Waals surface area (Å²) in [5.74, 6) is -1.85. The van der Waals surface area contributed by atoms with E-state index in [4.69, 9.17) is 40.6 Å². The molecule has 1 saturated heterocycles. The van der Waals surface area contributed by atoms with Crippen LogP contribution in [0.3, 0.4) is 0 Å². The largest absolute Gasteiger partial charge is 0.481 e. The highest BCUT2D eigenvalue weighted by atomic mass is 32.2. The van der Waals surface area contributed by atoms with Crippen molar-refractivity contribution in [3.05, 3.63) is 72.1 Å². The Kier molecular flexibility index (Phi) is 15.2. The number of aliphatic hydroxyl groups excluding tert-OH is 1. The van der Waals surface area contributed by atoms with Gasteiger partial charge in [-0.1, -0.05) is 18.2 Å². The fourth-order valence-electron chi connectivity index (χ4n) is 7.70. The minimum atomic E-state index is -5.52. The number of aromatic nitrogens is 4. The Bertz CT molecular complexity index is 3480. The van der Waals surface area contributed by atoms with Crippen molar-refractivity contribution in [2.75, 3.05) is 44.8 Å². The van der Waals surface area contributed by atoms with Gasteiger partial charge in [-0.25, -0.2) is 28.9 Å². The van der Waals surface area contributed by atoms with Crippen LogP contribution in [0.5, 0.6) is 0 Å². The Hall–Kier alpha value is -6.51. The van der Waals surface area contributed by atoms with Crippen LogP contribution in [0, 0.1) is 5.41 Å². The summed E-state index contributed by atoms with van der Waals surface area (Å²) in [6, 6.07) is 10.7. The lowest BCUT2D eigenvalue weighted by molar-refractivity contribution is -0.121. The fourth-order valence-corrected chi connectivity index (χ4v) is 10.8. The lowest BCUT2D eigenvalue weighted by Crippen LogP contribution is -2.42. The Labute approximate surface area is 405 Å². The van der Waals surface area contributed by atoms with E-state index in [2.05, 4.69) is 34.4 Å². The predicted molar refractivity (Wildman–Crippen MR) is 244 cm³/mol.